The molecule has 0 heterocycles. The van der Waals surface area contributed by atoms with Crippen LogP contribution in [0.4, 0.5) is 5.69 Å². The number of anilines is 1. The topological polar surface area (TPSA) is 75.6 Å². The predicted molar refractivity (Wildman–Crippen MR) is 77.2 cm³/mol. The zero-order valence-corrected chi connectivity index (χ0v) is 11.7. The molecular formula is C16H19NO4. The molecule has 3 rings (SSSR count). The van der Waals surface area contributed by atoms with Gasteiger partial charge in [0.1, 0.15) is 5.75 Å². The van der Waals surface area contributed by atoms with Gasteiger partial charge in [-0.05, 0) is 56.4 Å². The molecule has 21 heavy (non-hydrogen) atoms. The molecule has 2 aliphatic rings. The number of amides is 1. The molecule has 1 aromatic carbocycles. The summed E-state index contributed by atoms with van der Waals surface area (Å²) in [7, 11) is 0. The Kier molecular flexibility index (Phi) is 3.82. The average molecular weight is 289 g/mol. The van der Waals surface area contributed by atoms with Crippen LogP contribution in [0.25, 0.3) is 0 Å². The highest BCUT2D eigenvalue weighted by Crippen LogP contribution is 2.39. The quantitative estimate of drug-likeness (QED) is 0.873. The van der Waals surface area contributed by atoms with Gasteiger partial charge >= 0.3 is 5.97 Å². The third-order valence-corrected chi connectivity index (χ3v) is 4.17. The molecule has 0 saturated heterocycles. The lowest BCUT2D eigenvalue weighted by atomic mass is 10.2. The fourth-order valence-corrected chi connectivity index (χ4v) is 2.81. The normalized spacial score (nSPS) is 24.6. The molecule has 0 unspecified atom stereocenters. The molecule has 2 aliphatic carbocycles. The molecule has 5 nitrogen and oxygen atoms in total. The molecule has 0 aromatic heterocycles. The van der Waals surface area contributed by atoms with E-state index in [1.54, 1.807) is 12.1 Å². The van der Waals surface area contributed by atoms with Crippen LogP contribution >= 0.6 is 0 Å². The number of hydrogen-bond donors (Lipinski definition) is 2. The summed E-state index contributed by atoms with van der Waals surface area (Å²) >= 11 is 0. The third-order valence-electron chi connectivity index (χ3n) is 4.17. The van der Waals surface area contributed by atoms with Crippen LogP contribution in [0.15, 0.2) is 24.3 Å². The second-order valence-electron chi connectivity index (χ2n) is 5.82. The first-order chi connectivity index (χ1) is 10.1. The first kappa shape index (κ1) is 13.9. The number of aliphatic carboxylic acids is 1. The summed E-state index contributed by atoms with van der Waals surface area (Å²) in [6.07, 6.45) is 5.42. The van der Waals surface area contributed by atoms with Crippen molar-refractivity contribution < 1.29 is 19.4 Å². The Labute approximate surface area is 123 Å². The van der Waals surface area contributed by atoms with E-state index in [0.29, 0.717) is 18.2 Å². The zero-order valence-electron chi connectivity index (χ0n) is 11.7. The number of rotatable bonds is 5. The van der Waals surface area contributed by atoms with Gasteiger partial charge < -0.3 is 15.2 Å². The largest absolute Gasteiger partial charge is 0.490 e. The number of carboxylic acids is 1. The van der Waals surface area contributed by atoms with E-state index in [4.69, 9.17) is 9.84 Å². The molecule has 1 amide bonds. The van der Waals surface area contributed by atoms with Gasteiger partial charge in [0.25, 0.3) is 0 Å². The minimum absolute atomic E-state index is 0.216. The Morgan fingerprint density at radius 1 is 1.10 bits per heavy atom. The Bertz CT molecular complexity index is 534. The lowest BCUT2D eigenvalue weighted by Crippen LogP contribution is -2.16. The third kappa shape index (κ3) is 3.35. The maximum Gasteiger partial charge on any atom is 0.307 e. The summed E-state index contributed by atoms with van der Waals surface area (Å²) in [5, 5.41) is 11.6. The van der Waals surface area contributed by atoms with Crippen LogP contribution < -0.4 is 10.1 Å². The van der Waals surface area contributed by atoms with Gasteiger partial charge in [-0.25, -0.2) is 0 Å². The summed E-state index contributed by atoms with van der Waals surface area (Å²) < 4.78 is 5.85. The van der Waals surface area contributed by atoms with Crippen molar-refractivity contribution in [3.8, 4) is 5.75 Å². The van der Waals surface area contributed by atoms with Crippen LogP contribution in [0.2, 0.25) is 0 Å². The lowest BCUT2D eigenvalue weighted by molar-refractivity contribution is -0.139. The molecule has 2 atom stereocenters. The zero-order chi connectivity index (χ0) is 14.8. The molecule has 112 valence electrons. The van der Waals surface area contributed by atoms with Crippen molar-refractivity contribution in [2.24, 2.45) is 11.8 Å². The van der Waals surface area contributed by atoms with Crippen molar-refractivity contribution in [2.75, 3.05) is 5.32 Å². The van der Waals surface area contributed by atoms with Crippen LogP contribution in [0.1, 0.15) is 32.1 Å². The smallest absolute Gasteiger partial charge is 0.307 e. The standard InChI is InChI=1S/C16H19NO4/c18-15(13-9-14(13)16(19)20)17-10-5-7-12(8-6-10)21-11-3-1-2-4-11/h5-8,11,13-14H,1-4,9H2,(H,17,18)(H,19,20)/t13-,14+/m1/s1. The molecule has 0 bridgehead atoms. The van der Waals surface area contributed by atoms with Gasteiger partial charge in [-0.3, -0.25) is 9.59 Å². The number of carbonyl (C=O) groups is 2. The second-order valence-corrected chi connectivity index (χ2v) is 5.82. The highest BCUT2D eigenvalue weighted by molar-refractivity contribution is 5.98. The van der Waals surface area contributed by atoms with Crippen molar-refractivity contribution in [2.45, 2.75) is 38.2 Å². The minimum Gasteiger partial charge on any atom is -0.490 e. The number of hydrogen-bond acceptors (Lipinski definition) is 3. The summed E-state index contributed by atoms with van der Waals surface area (Å²) in [5.74, 6) is -1.20. The first-order valence-electron chi connectivity index (χ1n) is 7.44. The van der Waals surface area contributed by atoms with Gasteiger partial charge in [0.15, 0.2) is 0 Å². The van der Waals surface area contributed by atoms with Gasteiger partial charge in [0, 0.05) is 5.69 Å². The van der Waals surface area contributed by atoms with E-state index in [2.05, 4.69) is 5.32 Å². The monoisotopic (exact) mass is 289 g/mol. The summed E-state index contributed by atoms with van der Waals surface area (Å²) in [4.78, 5) is 22.6. The molecule has 2 saturated carbocycles. The first-order valence-corrected chi connectivity index (χ1v) is 7.44. The Morgan fingerprint density at radius 2 is 1.76 bits per heavy atom. The van der Waals surface area contributed by atoms with Crippen molar-refractivity contribution >= 4 is 17.6 Å². The average Bonchev–Trinajstić information content (AvgIpc) is 3.13. The van der Waals surface area contributed by atoms with Gasteiger partial charge in [0.2, 0.25) is 5.91 Å². The van der Waals surface area contributed by atoms with Crippen LogP contribution in [0.5, 0.6) is 5.75 Å². The molecule has 2 fully saturated rings. The highest BCUT2D eigenvalue weighted by Gasteiger charge is 2.48. The fraction of sp³-hybridized carbons (Fsp3) is 0.500. The molecule has 1 aromatic rings. The number of nitrogens with one attached hydrogen (secondary N) is 1. The predicted octanol–water partition coefficient (Wildman–Crippen LogP) is 2.67. The number of carbonyl (C=O) groups excluding carboxylic acids is 1. The Balaban J connectivity index is 1.52. The van der Waals surface area contributed by atoms with E-state index in [1.165, 1.54) is 12.8 Å². The maximum absolute atomic E-state index is 11.8. The van der Waals surface area contributed by atoms with Gasteiger partial charge in [-0.1, -0.05) is 0 Å². The van der Waals surface area contributed by atoms with Crippen LogP contribution in [0, 0.1) is 11.8 Å². The Hall–Kier alpha value is -2.04. The van der Waals surface area contributed by atoms with E-state index in [-0.39, 0.29) is 5.91 Å². The molecule has 0 aliphatic heterocycles. The van der Waals surface area contributed by atoms with Gasteiger partial charge in [-0.2, -0.15) is 0 Å². The molecular weight excluding hydrogens is 270 g/mol. The summed E-state index contributed by atoms with van der Waals surface area (Å²) in [5.41, 5.74) is 0.676. The SMILES string of the molecule is O=C(O)[C@H]1C[C@H]1C(=O)Nc1ccc(OC2CCCC2)cc1. The number of carboxylic acid groups (broad SMARTS) is 1. The summed E-state index contributed by atoms with van der Waals surface area (Å²) in [6, 6.07) is 7.27. The number of ether oxygens (including phenoxy) is 1. The van der Waals surface area contributed by atoms with Gasteiger partial charge in [0.05, 0.1) is 17.9 Å². The molecule has 0 spiro atoms. The lowest BCUT2D eigenvalue weighted by Gasteiger charge is -2.13. The van der Waals surface area contributed by atoms with E-state index in [9.17, 15) is 9.59 Å². The van der Waals surface area contributed by atoms with Crippen molar-refractivity contribution in [1.82, 2.24) is 0 Å². The van der Waals surface area contributed by atoms with Gasteiger partial charge in [-0.15, -0.1) is 0 Å². The van der Waals surface area contributed by atoms with Crippen molar-refractivity contribution in [3.63, 3.8) is 0 Å². The number of benzene rings is 1. The molecule has 0 radical (unpaired) electrons. The highest BCUT2D eigenvalue weighted by atomic mass is 16.5. The van der Waals surface area contributed by atoms with Crippen LogP contribution in [0.3, 0.4) is 0 Å². The van der Waals surface area contributed by atoms with Crippen LogP contribution in [-0.2, 0) is 9.59 Å². The fourth-order valence-electron chi connectivity index (χ4n) is 2.81. The maximum atomic E-state index is 11.8. The second kappa shape index (κ2) is 5.76. The van der Waals surface area contributed by atoms with E-state index in [0.717, 1.165) is 18.6 Å². The molecule has 2 N–H and O–H groups in total. The van der Waals surface area contributed by atoms with E-state index in [1.807, 2.05) is 12.1 Å². The van der Waals surface area contributed by atoms with E-state index < -0.39 is 17.8 Å². The Morgan fingerprint density at radius 3 is 2.33 bits per heavy atom. The summed E-state index contributed by atoms with van der Waals surface area (Å²) in [6.45, 7) is 0. The van der Waals surface area contributed by atoms with Crippen LogP contribution in [-0.4, -0.2) is 23.1 Å². The minimum atomic E-state index is -0.893. The van der Waals surface area contributed by atoms with E-state index >= 15 is 0 Å². The van der Waals surface area contributed by atoms with Crippen molar-refractivity contribution in [1.29, 1.82) is 0 Å². The van der Waals surface area contributed by atoms with Crippen molar-refractivity contribution in [3.05, 3.63) is 24.3 Å². The molecule has 5 heteroatoms.